The minimum atomic E-state index is -1.76. The van der Waals surface area contributed by atoms with Crippen LogP contribution < -0.4 is 0 Å². The average Bonchev–Trinajstić information content (AvgIpc) is 3.13. The van der Waals surface area contributed by atoms with E-state index in [0.717, 1.165) is 0 Å². The topological polar surface area (TPSA) is 89.7 Å². The molecule has 10 heteroatoms. The second kappa shape index (κ2) is 8.16. The summed E-state index contributed by atoms with van der Waals surface area (Å²) in [5.41, 5.74) is 0.546. The lowest BCUT2D eigenvalue weighted by molar-refractivity contribution is -0.186. The SMILES string of the molecule is CO[C@@H]1[C@H]2OC(C(Cl)(Cl)Cl)O[C@H]2O[C@H]1C(O)CN=Cc1ccccc1O. The van der Waals surface area contributed by atoms with E-state index in [1.54, 1.807) is 24.3 Å². The summed E-state index contributed by atoms with van der Waals surface area (Å²) < 4.78 is 20.3. The first-order valence-corrected chi connectivity index (χ1v) is 8.96. The summed E-state index contributed by atoms with van der Waals surface area (Å²) in [6.45, 7) is 0.0339. The Morgan fingerprint density at radius 2 is 2.00 bits per heavy atom. The average molecular weight is 427 g/mol. The smallest absolute Gasteiger partial charge is 0.241 e. The molecule has 0 radical (unpaired) electrons. The van der Waals surface area contributed by atoms with Gasteiger partial charge < -0.3 is 29.2 Å². The molecule has 2 saturated heterocycles. The lowest BCUT2D eigenvalue weighted by Gasteiger charge is -2.26. The molecule has 144 valence electrons. The highest BCUT2D eigenvalue weighted by Gasteiger charge is 2.57. The van der Waals surface area contributed by atoms with Gasteiger partial charge in [-0.25, -0.2) is 0 Å². The lowest BCUT2D eigenvalue weighted by Crippen LogP contribution is -2.43. The lowest BCUT2D eigenvalue weighted by atomic mass is 10.1. The first kappa shape index (κ1) is 20.1. The van der Waals surface area contributed by atoms with Gasteiger partial charge in [0.05, 0.1) is 6.54 Å². The van der Waals surface area contributed by atoms with Gasteiger partial charge in [0.15, 0.2) is 6.29 Å². The van der Waals surface area contributed by atoms with Crippen LogP contribution in [0.5, 0.6) is 5.75 Å². The van der Waals surface area contributed by atoms with Crippen LogP contribution in [0.4, 0.5) is 0 Å². The maximum absolute atomic E-state index is 10.4. The Hall–Kier alpha value is -0.640. The van der Waals surface area contributed by atoms with Gasteiger partial charge in [-0.15, -0.1) is 0 Å². The molecule has 1 aromatic rings. The number of rotatable bonds is 5. The number of nitrogens with zero attached hydrogens (tertiary/aromatic N) is 1. The number of para-hydroxylation sites is 1. The standard InChI is InChI=1S/C16H18Cl3NO6/c1-23-12-11(24-14-13(12)25-15(26-14)16(17,18)19)10(22)7-20-6-8-4-2-3-5-9(8)21/h2-6,10-15,21-22H,7H2,1H3/t10?,11-,12-,13+,14+,15?/m0/s1. The molecular weight excluding hydrogens is 409 g/mol. The summed E-state index contributed by atoms with van der Waals surface area (Å²) in [6, 6.07) is 6.74. The quantitative estimate of drug-likeness (QED) is 0.553. The van der Waals surface area contributed by atoms with Crippen molar-refractivity contribution in [1.82, 2.24) is 0 Å². The third kappa shape index (κ3) is 4.26. The van der Waals surface area contributed by atoms with Gasteiger partial charge in [-0.05, 0) is 12.1 Å². The van der Waals surface area contributed by atoms with E-state index in [4.69, 9.17) is 53.8 Å². The van der Waals surface area contributed by atoms with Gasteiger partial charge in [0, 0.05) is 18.9 Å². The van der Waals surface area contributed by atoms with Crippen LogP contribution >= 0.6 is 34.8 Å². The molecule has 0 amide bonds. The monoisotopic (exact) mass is 425 g/mol. The normalized spacial score (nSPS) is 32.9. The molecule has 7 nitrogen and oxygen atoms in total. The van der Waals surface area contributed by atoms with Crippen LogP contribution in [0.3, 0.4) is 0 Å². The molecule has 2 heterocycles. The molecule has 26 heavy (non-hydrogen) atoms. The second-order valence-corrected chi connectivity index (χ2v) is 8.27. The largest absolute Gasteiger partial charge is 0.507 e. The van der Waals surface area contributed by atoms with Crippen LogP contribution in [0.25, 0.3) is 0 Å². The van der Waals surface area contributed by atoms with Crippen molar-refractivity contribution < 1.29 is 29.2 Å². The fourth-order valence-electron chi connectivity index (χ4n) is 2.89. The molecule has 1 aromatic carbocycles. The number of benzene rings is 1. The fraction of sp³-hybridized carbons (Fsp3) is 0.562. The molecule has 0 aromatic heterocycles. The van der Waals surface area contributed by atoms with Gasteiger partial charge in [0.2, 0.25) is 10.1 Å². The number of phenolic OH excluding ortho intramolecular Hbond substituents is 1. The zero-order valence-electron chi connectivity index (χ0n) is 13.7. The van der Waals surface area contributed by atoms with E-state index in [-0.39, 0.29) is 12.3 Å². The van der Waals surface area contributed by atoms with Crippen molar-refractivity contribution >= 4 is 41.0 Å². The number of phenols is 1. The summed E-state index contributed by atoms with van der Waals surface area (Å²) in [6.07, 6.45) is -3.39. The van der Waals surface area contributed by atoms with E-state index in [1.165, 1.54) is 13.3 Å². The Morgan fingerprint density at radius 3 is 2.65 bits per heavy atom. The van der Waals surface area contributed by atoms with Crippen LogP contribution in [-0.2, 0) is 18.9 Å². The summed E-state index contributed by atoms with van der Waals surface area (Å²) in [5.74, 6) is 0.103. The highest BCUT2D eigenvalue weighted by atomic mass is 35.6. The molecule has 0 aliphatic carbocycles. The summed E-state index contributed by atoms with van der Waals surface area (Å²) in [7, 11) is 1.47. The molecule has 2 aliphatic rings. The fourth-order valence-corrected chi connectivity index (χ4v) is 3.20. The summed E-state index contributed by atoms with van der Waals surface area (Å²) in [5, 5.41) is 20.1. The number of methoxy groups -OCH3 is 1. The molecule has 6 atom stereocenters. The predicted octanol–water partition coefficient (Wildman–Crippen LogP) is 2.02. The highest BCUT2D eigenvalue weighted by molar-refractivity contribution is 6.67. The van der Waals surface area contributed by atoms with Crippen molar-refractivity contribution in [1.29, 1.82) is 0 Å². The van der Waals surface area contributed by atoms with Crippen molar-refractivity contribution in [2.45, 2.75) is 40.8 Å². The van der Waals surface area contributed by atoms with Gasteiger partial charge in [0.1, 0.15) is 30.2 Å². The number of ether oxygens (including phenoxy) is 4. The van der Waals surface area contributed by atoms with Gasteiger partial charge in [0.25, 0.3) is 0 Å². The molecule has 2 aliphatic heterocycles. The van der Waals surface area contributed by atoms with E-state index in [9.17, 15) is 10.2 Å². The Kier molecular flexibility index (Phi) is 6.31. The van der Waals surface area contributed by atoms with Crippen molar-refractivity contribution in [2.75, 3.05) is 13.7 Å². The number of aliphatic imine (C=N–C) groups is 1. The van der Waals surface area contributed by atoms with E-state index in [2.05, 4.69) is 4.99 Å². The van der Waals surface area contributed by atoms with Gasteiger partial charge in [-0.2, -0.15) is 0 Å². The van der Waals surface area contributed by atoms with Gasteiger partial charge in [-0.3, -0.25) is 4.99 Å². The minimum absolute atomic E-state index is 0.0339. The van der Waals surface area contributed by atoms with Crippen molar-refractivity contribution in [3.63, 3.8) is 0 Å². The van der Waals surface area contributed by atoms with E-state index < -0.39 is 40.8 Å². The van der Waals surface area contributed by atoms with Gasteiger partial charge in [-0.1, -0.05) is 46.9 Å². The molecular formula is C16H18Cl3NO6. The number of alkyl halides is 3. The number of hydrogen-bond acceptors (Lipinski definition) is 7. The van der Waals surface area contributed by atoms with Crippen LogP contribution in [0.2, 0.25) is 0 Å². The maximum Gasteiger partial charge on any atom is 0.241 e. The van der Waals surface area contributed by atoms with Crippen molar-refractivity contribution in [3.8, 4) is 5.75 Å². The van der Waals surface area contributed by atoms with Crippen LogP contribution in [0.15, 0.2) is 29.3 Å². The molecule has 0 bridgehead atoms. The molecule has 0 spiro atoms. The Morgan fingerprint density at radius 1 is 1.27 bits per heavy atom. The molecule has 2 unspecified atom stereocenters. The van der Waals surface area contributed by atoms with Crippen molar-refractivity contribution in [2.24, 2.45) is 4.99 Å². The zero-order valence-corrected chi connectivity index (χ0v) is 15.9. The number of aliphatic hydroxyl groups is 1. The molecule has 2 fully saturated rings. The number of hydrogen-bond donors (Lipinski definition) is 2. The second-order valence-electron chi connectivity index (χ2n) is 5.90. The number of aromatic hydroxyl groups is 1. The third-order valence-corrected chi connectivity index (χ3v) is 4.66. The van der Waals surface area contributed by atoms with Gasteiger partial charge >= 0.3 is 0 Å². The van der Waals surface area contributed by atoms with E-state index in [0.29, 0.717) is 5.56 Å². The minimum Gasteiger partial charge on any atom is -0.507 e. The number of halogens is 3. The Bertz CT molecular complexity index is 655. The first-order valence-electron chi connectivity index (χ1n) is 7.83. The molecule has 2 N–H and O–H groups in total. The highest BCUT2D eigenvalue weighted by Crippen LogP contribution is 2.43. The van der Waals surface area contributed by atoms with Crippen LogP contribution in [0, 0.1) is 0 Å². The molecule has 3 rings (SSSR count). The summed E-state index contributed by atoms with van der Waals surface area (Å²) >= 11 is 17.3. The van der Waals surface area contributed by atoms with Crippen LogP contribution in [0.1, 0.15) is 5.56 Å². The zero-order chi connectivity index (χ0) is 18.9. The number of fused-ring (bicyclic) bond motifs is 1. The Balaban J connectivity index is 1.61. The molecule has 0 saturated carbocycles. The maximum atomic E-state index is 10.4. The Labute approximate surface area is 165 Å². The van der Waals surface area contributed by atoms with Crippen LogP contribution in [-0.4, -0.2) is 70.9 Å². The van der Waals surface area contributed by atoms with E-state index >= 15 is 0 Å². The predicted molar refractivity (Wildman–Crippen MR) is 96.1 cm³/mol. The van der Waals surface area contributed by atoms with E-state index in [1.807, 2.05) is 0 Å². The summed E-state index contributed by atoms with van der Waals surface area (Å²) in [4.78, 5) is 4.15. The number of aliphatic hydroxyl groups excluding tert-OH is 1. The first-order chi connectivity index (χ1) is 12.3. The van der Waals surface area contributed by atoms with Crippen molar-refractivity contribution in [3.05, 3.63) is 29.8 Å². The third-order valence-electron chi connectivity index (χ3n) is 4.12.